The minimum Gasteiger partial charge on any atom is -0.457 e. The number of hydrogen-bond acceptors (Lipinski definition) is 5. The molecule has 1 aliphatic heterocycles. The number of nitrogens with zero attached hydrogens (tertiary/aromatic N) is 2. The second kappa shape index (κ2) is 11.3. The molecule has 0 aromatic heterocycles. The molecule has 0 atom stereocenters. The summed E-state index contributed by atoms with van der Waals surface area (Å²) < 4.78 is 31.7. The molecule has 1 amide bonds. The Labute approximate surface area is 207 Å². The van der Waals surface area contributed by atoms with Crippen LogP contribution >= 0.6 is 0 Å². The molecule has 1 heterocycles. The van der Waals surface area contributed by atoms with Crippen LogP contribution in [0.5, 0.6) is 11.5 Å². The van der Waals surface area contributed by atoms with Crippen molar-refractivity contribution in [2.75, 3.05) is 35.1 Å². The van der Waals surface area contributed by atoms with Gasteiger partial charge >= 0.3 is 0 Å². The number of carbonyl (C=O) groups is 1. The summed E-state index contributed by atoms with van der Waals surface area (Å²) in [5.41, 5.74) is 2.56. The molecule has 1 saturated heterocycles. The van der Waals surface area contributed by atoms with Gasteiger partial charge in [0, 0.05) is 25.3 Å². The van der Waals surface area contributed by atoms with E-state index in [1.54, 1.807) is 24.3 Å². The van der Waals surface area contributed by atoms with Gasteiger partial charge in [-0.3, -0.25) is 9.10 Å². The van der Waals surface area contributed by atoms with Gasteiger partial charge in [-0.25, -0.2) is 8.42 Å². The molecule has 1 fully saturated rings. The average Bonchev–Trinajstić information content (AvgIpc) is 2.87. The van der Waals surface area contributed by atoms with Crippen molar-refractivity contribution >= 4 is 27.3 Å². The predicted molar refractivity (Wildman–Crippen MR) is 140 cm³/mol. The molecular weight excluding hydrogens is 462 g/mol. The van der Waals surface area contributed by atoms with Crippen LogP contribution in [-0.2, 0) is 21.4 Å². The Kier molecular flexibility index (Phi) is 7.92. The van der Waals surface area contributed by atoms with Crippen LogP contribution in [0.1, 0.15) is 24.8 Å². The van der Waals surface area contributed by atoms with Gasteiger partial charge in [-0.1, -0.05) is 30.3 Å². The van der Waals surface area contributed by atoms with E-state index in [9.17, 15) is 13.2 Å². The smallest absolute Gasteiger partial charge is 0.241 e. The zero-order valence-corrected chi connectivity index (χ0v) is 20.7. The lowest BCUT2D eigenvalue weighted by Gasteiger charge is -2.28. The molecule has 0 bridgehead atoms. The first kappa shape index (κ1) is 24.6. The second-order valence-corrected chi connectivity index (χ2v) is 10.6. The van der Waals surface area contributed by atoms with Gasteiger partial charge in [0.1, 0.15) is 18.0 Å². The number of piperidine rings is 1. The summed E-state index contributed by atoms with van der Waals surface area (Å²) in [7, 11) is -3.66. The number of sulfonamides is 1. The standard InChI is InChI=1S/C27H31N3O4S/c1-35(32,33)30(24-14-16-26(17-15-24)34-25-8-4-2-5-9-25)21-27(31)28-20-22-10-12-23(13-11-22)29-18-6-3-7-19-29/h2,4-5,8-17H,3,6-7,18-21H2,1H3,(H,28,31). The highest BCUT2D eigenvalue weighted by atomic mass is 32.2. The molecule has 0 unspecified atom stereocenters. The van der Waals surface area contributed by atoms with Crippen molar-refractivity contribution in [2.45, 2.75) is 25.8 Å². The van der Waals surface area contributed by atoms with Crippen molar-refractivity contribution in [1.82, 2.24) is 5.32 Å². The Balaban J connectivity index is 1.35. The van der Waals surface area contributed by atoms with E-state index in [1.165, 1.54) is 24.9 Å². The largest absolute Gasteiger partial charge is 0.457 e. The topological polar surface area (TPSA) is 79.0 Å². The first-order valence-electron chi connectivity index (χ1n) is 11.8. The van der Waals surface area contributed by atoms with Gasteiger partial charge in [-0.05, 0) is 73.4 Å². The van der Waals surface area contributed by atoms with Gasteiger partial charge in [0.05, 0.1) is 11.9 Å². The monoisotopic (exact) mass is 493 g/mol. The maximum atomic E-state index is 12.6. The van der Waals surface area contributed by atoms with Gasteiger partial charge in [0.25, 0.3) is 0 Å². The fraction of sp³-hybridized carbons (Fsp3) is 0.296. The molecule has 35 heavy (non-hydrogen) atoms. The predicted octanol–water partition coefficient (Wildman–Crippen LogP) is 4.55. The van der Waals surface area contributed by atoms with Gasteiger partial charge in [0.2, 0.25) is 15.9 Å². The zero-order valence-electron chi connectivity index (χ0n) is 19.9. The summed E-state index contributed by atoms with van der Waals surface area (Å²) in [5.74, 6) is 0.884. The third kappa shape index (κ3) is 6.99. The van der Waals surface area contributed by atoms with E-state index >= 15 is 0 Å². The summed E-state index contributed by atoms with van der Waals surface area (Å²) in [6, 6.07) is 24.1. The van der Waals surface area contributed by atoms with Crippen LogP contribution < -0.4 is 19.3 Å². The second-order valence-electron chi connectivity index (χ2n) is 8.67. The molecule has 0 spiro atoms. The normalized spacial score (nSPS) is 13.8. The fourth-order valence-corrected chi connectivity index (χ4v) is 4.93. The molecule has 184 valence electrons. The number of anilines is 2. The van der Waals surface area contributed by atoms with E-state index in [1.807, 2.05) is 42.5 Å². The van der Waals surface area contributed by atoms with Gasteiger partial charge in [-0.15, -0.1) is 0 Å². The van der Waals surface area contributed by atoms with Crippen molar-refractivity contribution in [1.29, 1.82) is 0 Å². The van der Waals surface area contributed by atoms with E-state index in [0.29, 0.717) is 23.7 Å². The molecule has 3 aromatic rings. The summed E-state index contributed by atoms with van der Waals surface area (Å²) in [4.78, 5) is 15.0. The highest BCUT2D eigenvalue weighted by Crippen LogP contribution is 2.25. The van der Waals surface area contributed by atoms with Gasteiger partial charge in [0.15, 0.2) is 0 Å². The van der Waals surface area contributed by atoms with E-state index in [2.05, 4.69) is 22.3 Å². The maximum absolute atomic E-state index is 12.6. The molecule has 1 aliphatic rings. The summed E-state index contributed by atoms with van der Waals surface area (Å²) >= 11 is 0. The molecule has 0 aliphatic carbocycles. The molecule has 1 N–H and O–H groups in total. The van der Waals surface area contributed by atoms with Crippen LogP contribution in [0.3, 0.4) is 0 Å². The minimum atomic E-state index is -3.66. The third-order valence-electron chi connectivity index (χ3n) is 5.94. The first-order valence-corrected chi connectivity index (χ1v) is 13.6. The van der Waals surface area contributed by atoms with Gasteiger partial charge < -0.3 is 15.0 Å². The van der Waals surface area contributed by atoms with Crippen LogP contribution in [0, 0.1) is 0 Å². The lowest BCUT2D eigenvalue weighted by Crippen LogP contribution is -2.40. The lowest BCUT2D eigenvalue weighted by molar-refractivity contribution is -0.119. The highest BCUT2D eigenvalue weighted by Gasteiger charge is 2.21. The first-order chi connectivity index (χ1) is 16.9. The minimum absolute atomic E-state index is 0.302. The number of rotatable bonds is 9. The number of benzene rings is 3. The Morgan fingerprint density at radius 2 is 1.51 bits per heavy atom. The van der Waals surface area contributed by atoms with Crippen molar-refractivity contribution in [3.8, 4) is 11.5 Å². The molecule has 8 heteroatoms. The number of para-hydroxylation sites is 1. The molecule has 3 aromatic carbocycles. The Hall–Kier alpha value is -3.52. The molecular formula is C27H31N3O4S. The SMILES string of the molecule is CS(=O)(=O)N(CC(=O)NCc1ccc(N2CCCCC2)cc1)c1ccc(Oc2ccccc2)cc1. The number of amides is 1. The van der Waals surface area contributed by atoms with Crippen LogP contribution in [0.15, 0.2) is 78.9 Å². The highest BCUT2D eigenvalue weighted by molar-refractivity contribution is 7.92. The quantitative estimate of drug-likeness (QED) is 0.473. The van der Waals surface area contributed by atoms with E-state index < -0.39 is 10.0 Å². The Morgan fingerprint density at radius 3 is 2.14 bits per heavy atom. The van der Waals surface area contributed by atoms with Crippen molar-refractivity contribution in [3.05, 3.63) is 84.4 Å². The number of nitrogens with one attached hydrogen (secondary N) is 1. The molecule has 7 nitrogen and oxygen atoms in total. The molecule has 0 saturated carbocycles. The van der Waals surface area contributed by atoms with E-state index in [4.69, 9.17) is 4.74 Å². The van der Waals surface area contributed by atoms with Crippen LogP contribution in [-0.4, -0.2) is 40.2 Å². The van der Waals surface area contributed by atoms with Crippen molar-refractivity contribution in [2.24, 2.45) is 0 Å². The fourth-order valence-electron chi connectivity index (χ4n) is 4.07. The number of ether oxygens (including phenoxy) is 1. The zero-order chi connectivity index (χ0) is 24.7. The summed E-state index contributed by atoms with van der Waals surface area (Å²) in [5, 5.41) is 2.83. The maximum Gasteiger partial charge on any atom is 0.241 e. The number of hydrogen-bond donors (Lipinski definition) is 1. The van der Waals surface area contributed by atoms with Gasteiger partial charge in [-0.2, -0.15) is 0 Å². The Morgan fingerprint density at radius 1 is 0.886 bits per heavy atom. The van der Waals surface area contributed by atoms with Crippen LogP contribution in [0.2, 0.25) is 0 Å². The van der Waals surface area contributed by atoms with Crippen molar-refractivity contribution < 1.29 is 17.9 Å². The molecule has 4 rings (SSSR count). The van der Waals surface area contributed by atoms with Crippen molar-refractivity contribution in [3.63, 3.8) is 0 Å². The Bertz CT molecular complexity index is 1210. The molecule has 0 radical (unpaired) electrons. The lowest BCUT2D eigenvalue weighted by atomic mass is 10.1. The summed E-state index contributed by atoms with van der Waals surface area (Å²) in [6.45, 7) is 2.19. The number of carbonyl (C=O) groups excluding carboxylic acids is 1. The van der Waals surface area contributed by atoms with Crippen LogP contribution in [0.4, 0.5) is 11.4 Å². The van der Waals surface area contributed by atoms with Crippen LogP contribution in [0.25, 0.3) is 0 Å². The van der Waals surface area contributed by atoms with E-state index in [-0.39, 0.29) is 12.5 Å². The summed E-state index contributed by atoms with van der Waals surface area (Å²) in [6.07, 6.45) is 4.82. The van der Waals surface area contributed by atoms with E-state index in [0.717, 1.165) is 29.2 Å². The average molecular weight is 494 g/mol. The third-order valence-corrected chi connectivity index (χ3v) is 7.08.